The molecule has 1 aromatic heterocycles. The number of halogens is 3. The number of aromatic nitrogens is 2. The predicted molar refractivity (Wildman–Crippen MR) is 115 cm³/mol. The maximum Gasteiger partial charge on any atom is 0.416 e. The Balaban J connectivity index is 1.36. The van der Waals surface area contributed by atoms with Gasteiger partial charge in [0.25, 0.3) is 0 Å². The summed E-state index contributed by atoms with van der Waals surface area (Å²) in [6.45, 7) is 2.03. The number of nitrogens with zero attached hydrogens (tertiary/aromatic N) is 3. The number of nitrogens with one attached hydrogen (secondary N) is 2. The lowest BCUT2D eigenvalue weighted by molar-refractivity contribution is -0.137. The van der Waals surface area contributed by atoms with Crippen LogP contribution in [-0.4, -0.2) is 54.4 Å². The smallest absolute Gasteiger partial charge is 0.416 e. The molecule has 2 heterocycles. The molecule has 11 heteroatoms. The number of amides is 2. The summed E-state index contributed by atoms with van der Waals surface area (Å²) in [5.74, 6) is 0. The van der Waals surface area contributed by atoms with Crippen molar-refractivity contribution in [2.24, 2.45) is 0 Å². The van der Waals surface area contributed by atoms with E-state index >= 15 is 0 Å². The largest absolute Gasteiger partial charge is 0.460 e. The zero-order valence-electron chi connectivity index (χ0n) is 18.0. The van der Waals surface area contributed by atoms with E-state index in [9.17, 15) is 18.0 Å². The molecule has 0 unspecified atom stereocenters. The van der Waals surface area contributed by atoms with Crippen LogP contribution in [0.3, 0.4) is 0 Å². The second-order valence-corrected chi connectivity index (χ2v) is 8.05. The number of anilines is 2. The van der Waals surface area contributed by atoms with Crippen molar-refractivity contribution in [2.45, 2.75) is 44.0 Å². The zero-order valence-corrected chi connectivity index (χ0v) is 18.0. The summed E-state index contributed by atoms with van der Waals surface area (Å²) < 4.78 is 50.9. The molecule has 1 aliphatic heterocycles. The van der Waals surface area contributed by atoms with Gasteiger partial charge in [-0.3, -0.25) is 0 Å². The van der Waals surface area contributed by atoms with Crippen LogP contribution in [-0.2, 0) is 10.9 Å². The highest BCUT2D eigenvalue weighted by Crippen LogP contribution is 2.36. The van der Waals surface area contributed by atoms with E-state index < -0.39 is 17.8 Å². The summed E-state index contributed by atoms with van der Waals surface area (Å²) >= 11 is 0. The number of carbonyl (C=O) groups excluding carboxylic acids is 1. The van der Waals surface area contributed by atoms with Crippen molar-refractivity contribution in [2.75, 3.05) is 36.5 Å². The monoisotopic (exact) mass is 465 g/mol. The summed E-state index contributed by atoms with van der Waals surface area (Å²) in [7, 11) is 0. The lowest BCUT2D eigenvalue weighted by Gasteiger charge is -2.31. The third kappa shape index (κ3) is 6.25. The summed E-state index contributed by atoms with van der Waals surface area (Å²) in [6.07, 6.45) is 1.48. The molecule has 2 fully saturated rings. The predicted octanol–water partition coefficient (Wildman–Crippen LogP) is 3.84. The molecule has 1 aliphatic carbocycles. The first-order valence-electron chi connectivity index (χ1n) is 10.9. The highest BCUT2D eigenvalue weighted by Gasteiger charge is 2.32. The molecule has 1 saturated carbocycles. The number of rotatable bonds is 5. The van der Waals surface area contributed by atoms with Crippen LogP contribution in [0.4, 0.5) is 29.3 Å². The van der Waals surface area contributed by atoms with Crippen LogP contribution in [0.5, 0.6) is 6.01 Å². The maximum absolute atomic E-state index is 13.3. The van der Waals surface area contributed by atoms with E-state index in [2.05, 4.69) is 20.6 Å². The number of benzene rings is 1. The van der Waals surface area contributed by atoms with Crippen LogP contribution in [0.1, 0.15) is 31.2 Å². The third-order valence-electron chi connectivity index (χ3n) is 5.75. The van der Waals surface area contributed by atoms with E-state index in [1.54, 1.807) is 18.5 Å². The molecular formula is C22H26F3N5O3. The Hall–Kier alpha value is -3.08. The second-order valence-electron chi connectivity index (χ2n) is 8.05. The maximum atomic E-state index is 13.3. The van der Waals surface area contributed by atoms with Gasteiger partial charge in [0, 0.05) is 31.5 Å². The molecule has 0 atom stereocenters. The van der Waals surface area contributed by atoms with Crippen molar-refractivity contribution in [3.63, 3.8) is 0 Å². The first-order chi connectivity index (χ1) is 15.9. The van der Waals surface area contributed by atoms with Gasteiger partial charge in [-0.05, 0) is 49.9 Å². The fraction of sp³-hybridized carbons (Fsp3) is 0.500. The SMILES string of the molecule is O=C(Nc1cc(C(F)(F)F)ccc1N1CCOCC1)NC1CCC(Oc2ncccn2)CC1. The highest BCUT2D eigenvalue weighted by molar-refractivity contribution is 5.93. The van der Waals surface area contributed by atoms with Crippen LogP contribution in [0.2, 0.25) is 0 Å². The van der Waals surface area contributed by atoms with E-state index in [1.165, 1.54) is 6.07 Å². The molecular weight excluding hydrogens is 439 g/mol. The van der Waals surface area contributed by atoms with Crippen LogP contribution in [0.15, 0.2) is 36.7 Å². The van der Waals surface area contributed by atoms with Gasteiger partial charge in [-0.2, -0.15) is 13.2 Å². The number of ether oxygens (including phenoxy) is 2. The first kappa shape index (κ1) is 23.1. The van der Waals surface area contributed by atoms with Gasteiger partial charge in [-0.25, -0.2) is 14.8 Å². The van der Waals surface area contributed by atoms with Crippen LogP contribution in [0.25, 0.3) is 0 Å². The average molecular weight is 465 g/mol. The lowest BCUT2D eigenvalue weighted by Crippen LogP contribution is -2.42. The summed E-state index contributed by atoms with van der Waals surface area (Å²) in [6, 6.07) is 4.82. The average Bonchev–Trinajstić information content (AvgIpc) is 2.81. The van der Waals surface area contributed by atoms with Crippen molar-refractivity contribution in [1.82, 2.24) is 15.3 Å². The molecule has 0 spiro atoms. The van der Waals surface area contributed by atoms with Gasteiger partial charge in [0.1, 0.15) is 6.10 Å². The van der Waals surface area contributed by atoms with Gasteiger partial charge in [0.05, 0.1) is 30.2 Å². The minimum absolute atomic E-state index is 0.0371. The fourth-order valence-corrected chi connectivity index (χ4v) is 4.06. The molecule has 2 N–H and O–H groups in total. The summed E-state index contributed by atoms with van der Waals surface area (Å²) in [4.78, 5) is 22.7. The summed E-state index contributed by atoms with van der Waals surface area (Å²) in [5.41, 5.74) is -0.139. The zero-order chi connectivity index (χ0) is 23.3. The molecule has 8 nitrogen and oxygen atoms in total. The fourth-order valence-electron chi connectivity index (χ4n) is 4.06. The highest BCUT2D eigenvalue weighted by atomic mass is 19.4. The van der Waals surface area contributed by atoms with Crippen molar-refractivity contribution in [3.05, 3.63) is 42.2 Å². The Kier molecular flexibility index (Phi) is 7.17. The Bertz CT molecular complexity index is 931. The molecule has 33 heavy (non-hydrogen) atoms. The van der Waals surface area contributed by atoms with Crippen molar-refractivity contribution in [3.8, 4) is 6.01 Å². The molecule has 178 valence electrons. The van der Waals surface area contributed by atoms with Gasteiger partial charge < -0.3 is 25.0 Å². The molecule has 0 radical (unpaired) electrons. The molecule has 2 amide bonds. The van der Waals surface area contributed by atoms with E-state index in [0.717, 1.165) is 12.1 Å². The minimum atomic E-state index is -4.50. The normalized spacial score (nSPS) is 21.4. The van der Waals surface area contributed by atoms with Gasteiger partial charge in [0.15, 0.2) is 0 Å². The van der Waals surface area contributed by atoms with E-state index in [1.807, 2.05) is 4.90 Å². The Morgan fingerprint density at radius 1 is 1.09 bits per heavy atom. The molecule has 2 aromatic rings. The number of morpholine rings is 1. The molecule has 1 saturated heterocycles. The van der Waals surface area contributed by atoms with Gasteiger partial charge >= 0.3 is 18.2 Å². The van der Waals surface area contributed by atoms with Crippen molar-refractivity contribution < 1.29 is 27.4 Å². The Labute approximate surface area is 189 Å². The first-order valence-corrected chi connectivity index (χ1v) is 10.9. The van der Waals surface area contributed by atoms with E-state index in [4.69, 9.17) is 9.47 Å². The number of hydrogen-bond donors (Lipinski definition) is 2. The lowest BCUT2D eigenvalue weighted by atomic mass is 9.93. The van der Waals surface area contributed by atoms with Crippen molar-refractivity contribution >= 4 is 17.4 Å². The standard InChI is InChI=1S/C22H26F3N5O3/c23-22(24,25)15-2-7-19(30-10-12-32-13-11-30)18(14-15)29-20(31)28-16-3-5-17(6-4-16)33-21-26-8-1-9-27-21/h1-2,7-9,14,16-17H,3-6,10-13H2,(H2,28,29,31). The topological polar surface area (TPSA) is 88.6 Å². The van der Waals surface area contributed by atoms with E-state index in [0.29, 0.717) is 63.7 Å². The quantitative estimate of drug-likeness (QED) is 0.698. The molecule has 4 rings (SSSR count). The number of alkyl halides is 3. The number of hydrogen-bond acceptors (Lipinski definition) is 6. The minimum Gasteiger partial charge on any atom is -0.460 e. The van der Waals surface area contributed by atoms with Gasteiger partial charge in [0.2, 0.25) is 0 Å². The van der Waals surface area contributed by atoms with Gasteiger partial charge in [-0.15, -0.1) is 0 Å². The van der Waals surface area contributed by atoms with Gasteiger partial charge in [-0.1, -0.05) is 0 Å². The number of carbonyl (C=O) groups is 1. The van der Waals surface area contributed by atoms with E-state index in [-0.39, 0.29) is 17.8 Å². The molecule has 1 aromatic carbocycles. The van der Waals surface area contributed by atoms with Crippen LogP contribution >= 0.6 is 0 Å². The number of urea groups is 1. The second kappa shape index (κ2) is 10.2. The Morgan fingerprint density at radius 3 is 2.45 bits per heavy atom. The molecule has 0 bridgehead atoms. The summed E-state index contributed by atoms with van der Waals surface area (Å²) in [5, 5.41) is 5.51. The molecule has 2 aliphatic rings. The van der Waals surface area contributed by atoms with Crippen LogP contribution < -0.4 is 20.3 Å². The van der Waals surface area contributed by atoms with Crippen LogP contribution in [0, 0.1) is 0 Å². The Morgan fingerprint density at radius 2 is 1.79 bits per heavy atom. The van der Waals surface area contributed by atoms with Crippen molar-refractivity contribution in [1.29, 1.82) is 0 Å². The third-order valence-corrected chi connectivity index (χ3v) is 5.75.